The van der Waals surface area contributed by atoms with Gasteiger partial charge in [-0.1, -0.05) is 19.3 Å². The molecule has 2 unspecified atom stereocenters. The summed E-state index contributed by atoms with van der Waals surface area (Å²) in [5.41, 5.74) is 5.54. The average molecular weight is 226 g/mol. The average Bonchev–Trinajstić information content (AvgIpc) is 2.66. The maximum absolute atomic E-state index is 10.5. The summed E-state index contributed by atoms with van der Waals surface area (Å²) >= 11 is 0. The van der Waals surface area contributed by atoms with Crippen molar-refractivity contribution >= 4 is 0 Å². The molecule has 1 aliphatic heterocycles. The number of nitrogens with two attached hydrogens (primary N) is 1. The van der Waals surface area contributed by atoms with Crippen molar-refractivity contribution in [1.82, 2.24) is 4.90 Å². The maximum Gasteiger partial charge on any atom is 0.0774 e. The Labute approximate surface area is 99.0 Å². The fourth-order valence-corrected chi connectivity index (χ4v) is 3.22. The van der Waals surface area contributed by atoms with E-state index >= 15 is 0 Å². The molecule has 0 amide bonds. The second kappa shape index (κ2) is 5.03. The molecule has 0 radical (unpaired) electrons. The Kier molecular flexibility index (Phi) is 3.88. The largest absolute Gasteiger partial charge is 0.389 e. The van der Waals surface area contributed by atoms with E-state index in [0.717, 1.165) is 32.5 Å². The van der Waals surface area contributed by atoms with Crippen LogP contribution in [0.3, 0.4) is 0 Å². The number of nitrogens with zero attached hydrogens (tertiary/aromatic N) is 1. The lowest BCUT2D eigenvalue weighted by molar-refractivity contribution is -0.0222. The first kappa shape index (κ1) is 12.3. The highest BCUT2D eigenvalue weighted by Gasteiger charge is 2.34. The highest BCUT2D eigenvalue weighted by molar-refractivity contribution is 4.89. The molecule has 2 atom stereocenters. The van der Waals surface area contributed by atoms with Gasteiger partial charge in [-0.2, -0.15) is 0 Å². The van der Waals surface area contributed by atoms with Crippen LogP contribution in [0.15, 0.2) is 0 Å². The van der Waals surface area contributed by atoms with Crippen molar-refractivity contribution in [1.29, 1.82) is 0 Å². The second-order valence-corrected chi connectivity index (χ2v) is 5.93. The number of rotatable bonds is 3. The van der Waals surface area contributed by atoms with E-state index in [1.165, 1.54) is 25.7 Å². The van der Waals surface area contributed by atoms with Crippen LogP contribution in [0.25, 0.3) is 0 Å². The van der Waals surface area contributed by atoms with Gasteiger partial charge in [0.05, 0.1) is 5.60 Å². The summed E-state index contributed by atoms with van der Waals surface area (Å²) < 4.78 is 0. The topological polar surface area (TPSA) is 49.5 Å². The van der Waals surface area contributed by atoms with E-state index in [4.69, 9.17) is 5.73 Å². The second-order valence-electron chi connectivity index (χ2n) is 5.93. The molecule has 1 saturated heterocycles. The van der Waals surface area contributed by atoms with E-state index in [2.05, 4.69) is 11.8 Å². The molecule has 0 bridgehead atoms. The van der Waals surface area contributed by atoms with Gasteiger partial charge in [0.25, 0.3) is 0 Å². The van der Waals surface area contributed by atoms with Gasteiger partial charge in [0, 0.05) is 19.1 Å². The Morgan fingerprint density at radius 3 is 2.62 bits per heavy atom. The van der Waals surface area contributed by atoms with Crippen LogP contribution >= 0.6 is 0 Å². The minimum absolute atomic E-state index is 0.297. The third kappa shape index (κ3) is 2.96. The number of hydrogen-bond acceptors (Lipinski definition) is 3. The zero-order chi connectivity index (χ0) is 11.6. The quantitative estimate of drug-likeness (QED) is 0.764. The van der Waals surface area contributed by atoms with Gasteiger partial charge in [-0.15, -0.1) is 0 Å². The Morgan fingerprint density at radius 1 is 1.38 bits per heavy atom. The molecule has 1 heterocycles. The lowest BCUT2D eigenvalue weighted by Crippen LogP contribution is -2.44. The number of β-amino-alcohol motifs (C(OH)–C–C–N with tert-alkyl or cyclic N) is 1. The summed E-state index contributed by atoms with van der Waals surface area (Å²) in [6.07, 6.45) is 6.87. The van der Waals surface area contributed by atoms with Crippen molar-refractivity contribution in [3.05, 3.63) is 0 Å². The summed E-state index contributed by atoms with van der Waals surface area (Å²) in [6, 6.07) is 0.297. The van der Waals surface area contributed by atoms with E-state index in [1.54, 1.807) is 0 Å². The smallest absolute Gasteiger partial charge is 0.0774 e. The summed E-state index contributed by atoms with van der Waals surface area (Å²) in [6.45, 7) is 5.17. The minimum atomic E-state index is -0.398. The molecule has 16 heavy (non-hydrogen) atoms. The van der Waals surface area contributed by atoms with Crippen LogP contribution in [0.5, 0.6) is 0 Å². The summed E-state index contributed by atoms with van der Waals surface area (Å²) in [5.74, 6) is 0.632. The minimum Gasteiger partial charge on any atom is -0.389 e. The van der Waals surface area contributed by atoms with Crippen molar-refractivity contribution in [3.8, 4) is 0 Å². The van der Waals surface area contributed by atoms with E-state index in [-0.39, 0.29) is 0 Å². The lowest BCUT2D eigenvalue weighted by atomic mass is 9.84. The molecule has 0 aromatic heterocycles. The third-order valence-corrected chi connectivity index (χ3v) is 4.35. The third-order valence-electron chi connectivity index (χ3n) is 4.35. The molecule has 0 aromatic carbocycles. The van der Waals surface area contributed by atoms with Crippen LogP contribution in [-0.4, -0.2) is 41.3 Å². The molecular formula is C13H26N2O. The zero-order valence-corrected chi connectivity index (χ0v) is 10.5. The van der Waals surface area contributed by atoms with Crippen LogP contribution in [0.2, 0.25) is 0 Å². The van der Waals surface area contributed by atoms with E-state index in [0.29, 0.717) is 12.0 Å². The van der Waals surface area contributed by atoms with E-state index in [9.17, 15) is 5.11 Å². The van der Waals surface area contributed by atoms with Gasteiger partial charge in [0.2, 0.25) is 0 Å². The molecule has 3 nitrogen and oxygen atoms in total. The molecule has 0 spiro atoms. The molecule has 3 heteroatoms. The zero-order valence-electron chi connectivity index (χ0n) is 10.5. The first-order valence-electron chi connectivity index (χ1n) is 6.79. The van der Waals surface area contributed by atoms with Crippen molar-refractivity contribution < 1.29 is 5.11 Å². The van der Waals surface area contributed by atoms with Crippen molar-refractivity contribution in [2.24, 2.45) is 11.7 Å². The van der Waals surface area contributed by atoms with Gasteiger partial charge in [-0.05, 0) is 38.6 Å². The molecule has 94 valence electrons. The molecule has 2 rings (SSSR count). The fourth-order valence-electron chi connectivity index (χ4n) is 3.22. The number of hydrogen-bond donors (Lipinski definition) is 2. The van der Waals surface area contributed by atoms with Crippen molar-refractivity contribution in [3.63, 3.8) is 0 Å². The monoisotopic (exact) mass is 226 g/mol. The first-order valence-corrected chi connectivity index (χ1v) is 6.79. The molecule has 2 aliphatic rings. The molecule has 1 aliphatic carbocycles. The normalized spacial score (nSPS) is 32.8. The van der Waals surface area contributed by atoms with Crippen molar-refractivity contribution in [2.75, 3.05) is 19.6 Å². The Morgan fingerprint density at radius 2 is 2.06 bits per heavy atom. The number of aliphatic hydroxyl groups is 1. The van der Waals surface area contributed by atoms with Crippen LogP contribution in [0.4, 0.5) is 0 Å². The SMILES string of the molecule is CC(N)C1CCN(CC2(O)CCCCC2)C1. The maximum atomic E-state index is 10.5. The Balaban J connectivity index is 1.81. The Hall–Kier alpha value is -0.120. The standard InChI is InChI=1S/C13H26N2O/c1-11(14)12-5-8-15(9-12)10-13(16)6-3-2-4-7-13/h11-12,16H,2-10,14H2,1H3. The van der Waals surface area contributed by atoms with Gasteiger partial charge in [-0.3, -0.25) is 0 Å². The summed E-state index contributed by atoms with van der Waals surface area (Å²) in [7, 11) is 0. The molecule has 0 aromatic rings. The fraction of sp³-hybridized carbons (Fsp3) is 1.00. The first-order chi connectivity index (χ1) is 7.59. The predicted molar refractivity (Wildman–Crippen MR) is 66.2 cm³/mol. The van der Waals surface area contributed by atoms with E-state index in [1.807, 2.05) is 0 Å². The lowest BCUT2D eigenvalue weighted by Gasteiger charge is -2.35. The summed E-state index contributed by atoms with van der Waals surface area (Å²) in [4.78, 5) is 2.42. The van der Waals surface area contributed by atoms with Gasteiger partial charge in [-0.25, -0.2) is 0 Å². The van der Waals surface area contributed by atoms with E-state index < -0.39 is 5.60 Å². The van der Waals surface area contributed by atoms with Gasteiger partial charge >= 0.3 is 0 Å². The molecular weight excluding hydrogens is 200 g/mol. The Bertz CT molecular complexity index is 224. The predicted octanol–water partition coefficient (Wildman–Crippen LogP) is 1.35. The summed E-state index contributed by atoms with van der Waals surface area (Å²) in [5, 5.41) is 10.5. The number of likely N-dealkylation sites (tertiary alicyclic amines) is 1. The van der Waals surface area contributed by atoms with Crippen LogP contribution < -0.4 is 5.73 Å². The molecule has 3 N–H and O–H groups in total. The van der Waals surface area contributed by atoms with Crippen LogP contribution in [-0.2, 0) is 0 Å². The van der Waals surface area contributed by atoms with Crippen molar-refractivity contribution in [2.45, 2.75) is 57.1 Å². The molecule has 2 fully saturated rings. The highest BCUT2D eigenvalue weighted by atomic mass is 16.3. The molecule has 1 saturated carbocycles. The van der Waals surface area contributed by atoms with Gasteiger partial charge in [0.1, 0.15) is 0 Å². The van der Waals surface area contributed by atoms with Gasteiger partial charge < -0.3 is 15.7 Å². The van der Waals surface area contributed by atoms with Gasteiger partial charge in [0.15, 0.2) is 0 Å². The van der Waals surface area contributed by atoms with Crippen LogP contribution in [0, 0.1) is 5.92 Å². The van der Waals surface area contributed by atoms with Crippen LogP contribution in [0.1, 0.15) is 45.4 Å². The highest BCUT2D eigenvalue weighted by Crippen LogP contribution is 2.30.